The third-order valence-electron chi connectivity index (χ3n) is 3.09. The average Bonchev–Trinajstić information content (AvgIpc) is 2.27. The summed E-state index contributed by atoms with van der Waals surface area (Å²) in [6.45, 7) is 12.2. The summed E-state index contributed by atoms with van der Waals surface area (Å²) in [6.07, 6.45) is -0.582. The van der Waals surface area contributed by atoms with E-state index >= 15 is 0 Å². The first-order valence-corrected chi connectivity index (χ1v) is 6.15. The van der Waals surface area contributed by atoms with Gasteiger partial charge in [0, 0.05) is 12.6 Å². The Morgan fingerprint density at radius 2 is 1.50 bits per heavy atom. The average molecular weight is 253 g/mol. The number of rotatable bonds is 0. The Morgan fingerprint density at radius 1 is 1.00 bits per heavy atom. The van der Waals surface area contributed by atoms with Gasteiger partial charge in [0.05, 0.1) is 0 Å². The molecule has 0 unspecified atom stereocenters. The minimum absolute atomic E-state index is 0.186. The molecule has 4 nitrogen and oxygen atoms in total. The van der Waals surface area contributed by atoms with Crippen LogP contribution >= 0.6 is 0 Å². The number of ether oxygens (including phenoxy) is 1. The van der Waals surface area contributed by atoms with Crippen molar-refractivity contribution in [2.24, 2.45) is 10.8 Å². The van der Waals surface area contributed by atoms with Gasteiger partial charge in [0.1, 0.15) is 6.61 Å². The van der Waals surface area contributed by atoms with Gasteiger partial charge in [-0.05, 0) is 16.4 Å². The molecule has 0 N–H and O–H groups in total. The van der Waals surface area contributed by atoms with Crippen LogP contribution in [0.3, 0.4) is 0 Å². The standard InChI is InChI=1S/C14H23NO3/c1-13(2,3)9-8-18-12(17)15(7)11(16)10(9)14(4,5)6/h8H2,1-7H3. The lowest BCUT2D eigenvalue weighted by molar-refractivity contribution is -0.124. The zero-order chi connectivity index (χ0) is 14.3. The zero-order valence-electron chi connectivity index (χ0n) is 12.4. The van der Waals surface area contributed by atoms with Crippen molar-refractivity contribution in [2.75, 3.05) is 13.7 Å². The number of hydrogen-bond acceptors (Lipinski definition) is 3. The van der Waals surface area contributed by atoms with E-state index in [1.54, 1.807) is 0 Å². The fourth-order valence-electron chi connectivity index (χ4n) is 2.05. The second-order valence-corrected chi connectivity index (χ2v) is 6.77. The fourth-order valence-corrected chi connectivity index (χ4v) is 2.05. The number of amides is 2. The Morgan fingerprint density at radius 3 is 1.89 bits per heavy atom. The van der Waals surface area contributed by atoms with E-state index in [9.17, 15) is 9.59 Å². The van der Waals surface area contributed by atoms with Crippen LogP contribution in [0.25, 0.3) is 0 Å². The van der Waals surface area contributed by atoms with Gasteiger partial charge in [-0.1, -0.05) is 41.5 Å². The fraction of sp³-hybridized carbons (Fsp3) is 0.714. The first kappa shape index (κ1) is 14.7. The normalized spacial score (nSPS) is 18.9. The summed E-state index contributed by atoms with van der Waals surface area (Å²) in [5.74, 6) is -0.255. The molecule has 0 bridgehead atoms. The van der Waals surface area contributed by atoms with Gasteiger partial charge < -0.3 is 4.74 Å². The molecule has 1 rings (SSSR count). The molecule has 0 aromatic heterocycles. The molecule has 102 valence electrons. The highest BCUT2D eigenvalue weighted by molar-refractivity contribution is 6.04. The first-order valence-electron chi connectivity index (χ1n) is 6.15. The predicted molar refractivity (Wildman–Crippen MR) is 70.1 cm³/mol. The maximum atomic E-state index is 12.4. The molecule has 2 amide bonds. The molecule has 0 aromatic carbocycles. The van der Waals surface area contributed by atoms with Crippen LogP contribution in [0.15, 0.2) is 11.1 Å². The quantitative estimate of drug-likeness (QED) is 0.666. The van der Waals surface area contributed by atoms with E-state index in [1.807, 2.05) is 41.5 Å². The van der Waals surface area contributed by atoms with Crippen molar-refractivity contribution in [1.82, 2.24) is 4.90 Å². The molecule has 18 heavy (non-hydrogen) atoms. The molecule has 0 saturated heterocycles. The van der Waals surface area contributed by atoms with E-state index in [0.29, 0.717) is 5.57 Å². The Bertz CT molecular complexity index is 408. The second kappa shape index (κ2) is 4.41. The van der Waals surface area contributed by atoms with Crippen molar-refractivity contribution in [2.45, 2.75) is 41.5 Å². The van der Waals surface area contributed by atoms with Gasteiger partial charge >= 0.3 is 6.09 Å². The van der Waals surface area contributed by atoms with E-state index in [-0.39, 0.29) is 23.3 Å². The zero-order valence-corrected chi connectivity index (χ0v) is 12.4. The summed E-state index contributed by atoms with van der Waals surface area (Å²) < 4.78 is 5.16. The number of hydrogen-bond donors (Lipinski definition) is 0. The smallest absolute Gasteiger partial charge is 0.416 e. The van der Waals surface area contributed by atoms with Gasteiger partial charge in [-0.2, -0.15) is 0 Å². The van der Waals surface area contributed by atoms with Gasteiger partial charge in [-0.25, -0.2) is 9.69 Å². The summed E-state index contributed by atoms with van der Waals surface area (Å²) >= 11 is 0. The molecule has 1 aliphatic rings. The largest absolute Gasteiger partial charge is 0.445 e. The van der Waals surface area contributed by atoms with Gasteiger partial charge in [0.25, 0.3) is 5.91 Å². The molecular formula is C14H23NO3. The SMILES string of the molecule is CN1C(=O)OCC(C(C)(C)C)=C(C(C)(C)C)C1=O. The molecule has 0 aromatic rings. The van der Waals surface area contributed by atoms with Crippen molar-refractivity contribution < 1.29 is 14.3 Å². The summed E-state index contributed by atoms with van der Waals surface area (Å²) in [5.41, 5.74) is 1.06. The van der Waals surface area contributed by atoms with Gasteiger partial charge in [-0.3, -0.25) is 4.79 Å². The van der Waals surface area contributed by atoms with Crippen molar-refractivity contribution in [3.63, 3.8) is 0 Å². The van der Waals surface area contributed by atoms with E-state index in [4.69, 9.17) is 4.74 Å². The third kappa shape index (κ3) is 2.74. The van der Waals surface area contributed by atoms with Crippen molar-refractivity contribution >= 4 is 12.0 Å². The number of imide groups is 1. The minimum atomic E-state index is -0.582. The van der Waals surface area contributed by atoms with Crippen LogP contribution in [0.1, 0.15) is 41.5 Å². The highest BCUT2D eigenvalue weighted by Crippen LogP contribution is 2.38. The Labute approximate surface area is 109 Å². The molecule has 1 aliphatic heterocycles. The van der Waals surface area contributed by atoms with Gasteiger partial charge in [-0.15, -0.1) is 0 Å². The minimum Gasteiger partial charge on any atom is -0.445 e. The number of carbonyl (C=O) groups excluding carboxylic acids is 2. The lowest BCUT2D eigenvalue weighted by atomic mass is 9.75. The van der Waals surface area contributed by atoms with Crippen molar-refractivity contribution in [1.29, 1.82) is 0 Å². The van der Waals surface area contributed by atoms with Crippen LogP contribution in [0.4, 0.5) is 4.79 Å². The Hall–Kier alpha value is -1.32. The van der Waals surface area contributed by atoms with Crippen LogP contribution < -0.4 is 0 Å². The molecule has 0 spiro atoms. The third-order valence-corrected chi connectivity index (χ3v) is 3.09. The number of carbonyl (C=O) groups is 2. The lowest BCUT2D eigenvalue weighted by Gasteiger charge is -2.30. The first-order chi connectivity index (χ1) is 7.96. The molecule has 4 heteroatoms. The molecular weight excluding hydrogens is 230 g/mol. The van der Waals surface area contributed by atoms with Crippen LogP contribution in [-0.4, -0.2) is 30.6 Å². The van der Waals surface area contributed by atoms with Crippen LogP contribution in [0, 0.1) is 10.8 Å². The van der Waals surface area contributed by atoms with Crippen molar-refractivity contribution in [3.8, 4) is 0 Å². The van der Waals surface area contributed by atoms with Crippen LogP contribution in [-0.2, 0) is 9.53 Å². The maximum Gasteiger partial charge on any atom is 0.416 e. The molecule has 1 heterocycles. The van der Waals surface area contributed by atoms with Gasteiger partial charge in [0.2, 0.25) is 0 Å². The van der Waals surface area contributed by atoms with E-state index in [1.165, 1.54) is 7.05 Å². The maximum absolute atomic E-state index is 12.4. The molecule has 0 fully saturated rings. The summed E-state index contributed by atoms with van der Waals surface area (Å²) in [5, 5.41) is 0. The predicted octanol–water partition coefficient (Wildman–Crippen LogP) is 2.98. The van der Waals surface area contributed by atoms with Gasteiger partial charge in [0.15, 0.2) is 0 Å². The number of likely N-dealkylation sites (N-methyl/N-ethyl adjacent to an activating group) is 1. The van der Waals surface area contributed by atoms with E-state index < -0.39 is 6.09 Å². The molecule has 0 radical (unpaired) electrons. The topological polar surface area (TPSA) is 46.6 Å². The number of cyclic esters (lactones) is 1. The van der Waals surface area contributed by atoms with E-state index in [0.717, 1.165) is 10.5 Å². The summed E-state index contributed by atoms with van der Waals surface area (Å²) in [4.78, 5) is 25.1. The summed E-state index contributed by atoms with van der Waals surface area (Å²) in [6, 6.07) is 0. The Kier molecular flexibility index (Phi) is 3.61. The Balaban J connectivity index is 3.47. The molecule has 0 aliphatic carbocycles. The van der Waals surface area contributed by atoms with Crippen LogP contribution in [0.2, 0.25) is 0 Å². The summed E-state index contributed by atoms with van der Waals surface area (Å²) in [7, 11) is 1.46. The highest BCUT2D eigenvalue weighted by Gasteiger charge is 2.38. The number of nitrogens with zero attached hydrogens (tertiary/aromatic N) is 1. The molecule has 0 atom stereocenters. The van der Waals surface area contributed by atoms with Crippen LogP contribution in [0.5, 0.6) is 0 Å². The lowest BCUT2D eigenvalue weighted by Crippen LogP contribution is -2.36. The second-order valence-electron chi connectivity index (χ2n) is 6.77. The monoisotopic (exact) mass is 253 g/mol. The highest BCUT2D eigenvalue weighted by atomic mass is 16.6. The van der Waals surface area contributed by atoms with Crippen molar-refractivity contribution in [3.05, 3.63) is 11.1 Å². The molecule has 0 saturated carbocycles. The van der Waals surface area contributed by atoms with E-state index in [2.05, 4.69) is 0 Å².